The van der Waals surface area contributed by atoms with Crippen molar-refractivity contribution in [1.29, 1.82) is 0 Å². The number of rotatable bonds is 7. The first-order chi connectivity index (χ1) is 11.8. The van der Waals surface area contributed by atoms with Gasteiger partial charge in [0.1, 0.15) is 6.54 Å². The lowest BCUT2D eigenvalue weighted by Crippen LogP contribution is -2.39. The van der Waals surface area contributed by atoms with E-state index in [-0.39, 0.29) is 29.6 Å². The molecule has 1 heterocycles. The van der Waals surface area contributed by atoms with E-state index in [1.165, 1.54) is 4.90 Å². The molecule has 2 fully saturated rings. The van der Waals surface area contributed by atoms with Gasteiger partial charge in [-0.1, -0.05) is 25.0 Å². The van der Waals surface area contributed by atoms with Gasteiger partial charge in [0, 0.05) is 13.1 Å². The van der Waals surface area contributed by atoms with E-state index < -0.39 is 19.1 Å². The van der Waals surface area contributed by atoms with E-state index in [0.29, 0.717) is 25.9 Å². The highest BCUT2D eigenvalue weighted by Gasteiger charge is 2.48. The van der Waals surface area contributed by atoms with Crippen LogP contribution in [0.1, 0.15) is 39.5 Å². The van der Waals surface area contributed by atoms with Crippen LogP contribution in [0.2, 0.25) is 0 Å². The summed E-state index contributed by atoms with van der Waals surface area (Å²) >= 11 is 0. The zero-order valence-electron chi connectivity index (χ0n) is 15.0. The van der Waals surface area contributed by atoms with E-state index in [0.717, 1.165) is 23.3 Å². The zero-order valence-corrected chi connectivity index (χ0v) is 15.0. The molecule has 7 heteroatoms. The minimum Gasteiger partial charge on any atom is -0.454 e. The normalized spacial score (nSPS) is 22.6. The molecule has 2 rings (SSSR count). The van der Waals surface area contributed by atoms with Crippen LogP contribution in [0.25, 0.3) is 0 Å². The van der Waals surface area contributed by atoms with Crippen molar-refractivity contribution in [3.05, 3.63) is 12.2 Å². The Bertz CT molecular complexity index is 562. The first kappa shape index (κ1) is 19.1. The summed E-state index contributed by atoms with van der Waals surface area (Å²) in [7, 11) is 0. The Hall–Kier alpha value is -2.18. The van der Waals surface area contributed by atoms with Gasteiger partial charge in [-0.2, -0.15) is 0 Å². The van der Waals surface area contributed by atoms with Crippen LogP contribution in [0.3, 0.4) is 0 Å². The van der Waals surface area contributed by atoms with Gasteiger partial charge < -0.3 is 9.64 Å². The van der Waals surface area contributed by atoms with Crippen molar-refractivity contribution in [2.24, 2.45) is 11.8 Å². The molecule has 7 nitrogen and oxygen atoms in total. The summed E-state index contributed by atoms with van der Waals surface area (Å²) in [5.41, 5.74) is 0.831. The number of amides is 3. The molecule has 0 aromatic heterocycles. The van der Waals surface area contributed by atoms with Gasteiger partial charge in [0.2, 0.25) is 11.8 Å². The molecular weight excluding hydrogens is 324 g/mol. The summed E-state index contributed by atoms with van der Waals surface area (Å²) in [6, 6.07) is 0. The van der Waals surface area contributed by atoms with Crippen LogP contribution in [-0.4, -0.2) is 59.7 Å². The fourth-order valence-electron chi connectivity index (χ4n) is 3.50. The number of carbonyl (C=O) groups is 4. The molecule has 2 atom stereocenters. The minimum atomic E-state index is -0.736. The van der Waals surface area contributed by atoms with Crippen LogP contribution < -0.4 is 0 Å². The number of esters is 1. The number of likely N-dealkylation sites (N-methyl/N-ethyl adjacent to an activating group) is 1. The highest BCUT2D eigenvalue weighted by molar-refractivity contribution is 6.07. The summed E-state index contributed by atoms with van der Waals surface area (Å²) in [5.74, 6) is -2.21. The first-order valence-corrected chi connectivity index (χ1v) is 8.78. The third-order valence-corrected chi connectivity index (χ3v) is 4.77. The Morgan fingerprint density at radius 1 is 1.20 bits per heavy atom. The second-order valence-corrected chi connectivity index (χ2v) is 6.79. The SMILES string of the molecule is C=C(C)CN(CC)C(=O)COC(=O)CN1C(=O)C2CCCCC2C1=O. The van der Waals surface area contributed by atoms with Crippen LogP contribution in [0, 0.1) is 11.8 Å². The molecule has 1 saturated carbocycles. The highest BCUT2D eigenvalue weighted by Crippen LogP contribution is 2.37. The predicted molar refractivity (Wildman–Crippen MR) is 90.2 cm³/mol. The second kappa shape index (κ2) is 8.27. The Morgan fingerprint density at radius 2 is 1.76 bits per heavy atom. The van der Waals surface area contributed by atoms with Gasteiger partial charge in [-0.15, -0.1) is 0 Å². The first-order valence-electron chi connectivity index (χ1n) is 8.78. The monoisotopic (exact) mass is 350 g/mol. The summed E-state index contributed by atoms with van der Waals surface area (Å²) in [6.45, 7) is 7.47. The van der Waals surface area contributed by atoms with Crippen LogP contribution in [-0.2, 0) is 23.9 Å². The summed E-state index contributed by atoms with van der Waals surface area (Å²) in [5, 5.41) is 0. The maximum absolute atomic E-state index is 12.3. The lowest BCUT2D eigenvalue weighted by atomic mass is 9.81. The van der Waals surface area contributed by atoms with Gasteiger partial charge in [0.05, 0.1) is 11.8 Å². The van der Waals surface area contributed by atoms with Gasteiger partial charge in [-0.05, 0) is 26.7 Å². The van der Waals surface area contributed by atoms with Crippen molar-refractivity contribution in [3.63, 3.8) is 0 Å². The summed E-state index contributed by atoms with van der Waals surface area (Å²) in [4.78, 5) is 51.2. The highest BCUT2D eigenvalue weighted by atomic mass is 16.5. The smallest absolute Gasteiger partial charge is 0.326 e. The molecule has 0 spiro atoms. The number of hydrogen-bond acceptors (Lipinski definition) is 5. The maximum atomic E-state index is 12.3. The molecule has 0 bridgehead atoms. The molecule has 0 aromatic rings. The standard InChI is InChI=1S/C18H26N2O5/c1-4-19(9-12(2)3)15(21)11-25-16(22)10-20-17(23)13-7-5-6-8-14(13)18(20)24/h13-14H,2,4-11H2,1,3H3. The number of carbonyl (C=O) groups excluding carboxylic acids is 4. The fourth-order valence-corrected chi connectivity index (χ4v) is 3.50. The van der Waals surface area contributed by atoms with Gasteiger partial charge in [-0.25, -0.2) is 0 Å². The lowest BCUT2D eigenvalue weighted by molar-refractivity contribution is -0.156. The molecule has 2 unspecified atom stereocenters. The van der Waals surface area contributed by atoms with Crippen molar-refractivity contribution >= 4 is 23.7 Å². The minimum absolute atomic E-state index is 0.282. The van der Waals surface area contributed by atoms with Crippen molar-refractivity contribution in [1.82, 2.24) is 9.80 Å². The van der Waals surface area contributed by atoms with E-state index in [1.807, 2.05) is 13.8 Å². The molecule has 1 aliphatic carbocycles. The molecule has 3 amide bonds. The molecule has 138 valence electrons. The second-order valence-electron chi connectivity index (χ2n) is 6.79. The molecule has 0 N–H and O–H groups in total. The Kier molecular flexibility index (Phi) is 6.33. The Morgan fingerprint density at radius 3 is 2.24 bits per heavy atom. The molecule has 1 saturated heterocycles. The topological polar surface area (TPSA) is 84.0 Å². The van der Waals surface area contributed by atoms with E-state index in [2.05, 4.69) is 6.58 Å². The summed E-state index contributed by atoms with van der Waals surface area (Å²) in [6.07, 6.45) is 3.27. The summed E-state index contributed by atoms with van der Waals surface area (Å²) < 4.78 is 4.97. The molecule has 0 aromatic carbocycles. The van der Waals surface area contributed by atoms with E-state index in [9.17, 15) is 19.2 Å². The number of imide groups is 1. The van der Waals surface area contributed by atoms with Gasteiger partial charge in [-0.3, -0.25) is 24.1 Å². The van der Waals surface area contributed by atoms with Gasteiger partial charge in [0.15, 0.2) is 6.61 Å². The zero-order chi connectivity index (χ0) is 18.6. The fraction of sp³-hybridized carbons (Fsp3) is 0.667. The quantitative estimate of drug-likeness (QED) is 0.390. The number of ether oxygens (including phenoxy) is 1. The van der Waals surface area contributed by atoms with Crippen LogP contribution >= 0.6 is 0 Å². The molecule has 0 radical (unpaired) electrons. The Balaban J connectivity index is 1.85. The van der Waals surface area contributed by atoms with Crippen molar-refractivity contribution in [2.75, 3.05) is 26.2 Å². The van der Waals surface area contributed by atoms with Gasteiger partial charge in [0.25, 0.3) is 5.91 Å². The number of hydrogen-bond donors (Lipinski definition) is 0. The molecule has 1 aliphatic heterocycles. The number of likely N-dealkylation sites (tertiary alicyclic amines) is 1. The van der Waals surface area contributed by atoms with Crippen LogP contribution in [0.15, 0.2) is 12.2 Å². The number of nitrogens with zero attached hydrogens (tertiary/aromatic N) is 2. The maximum Gasteiger partial charge on any atom is 0.326 e. The van der Waals surface area contributed by atoms with Crippen molar-refractivity contribution in [3.8, 4) is 0 Å². The molecular formula is C18H26N2O5. The van der Waals surface area contributed by atoms with Crippen LogP contribution in [0.5, 0.6) is 0 Å². The van der Waals surface area contributed by atoms with E-state index in [4.69, 9.17) is 4.74 Å². The number of fused-ring (bicyclic) bond motifs is 1. The van der Waals surface area contributed by atoms with E-state index in [1.54, 1.807) is 0 Å². The predicted octanol–water partition coefficient (Wildman–Crippen LogP) is 1.13. The van der Waals surface area contributed by atoms with Gasteiger partial charge >= 0.3 is 5.97 Å². The molecule has 25 heavy (non-hydrogen) atoms. The average molecular weight is 350 g/mol. The lowest BCUT2D eigenvalue weighted by Gasteiger charge is -2.21. The average Bonchev–Trinajstić information content (AvgIpc) is 2.82. The molecule has 2 aliphatic rings. The van der Waals surface area contributed by atoms with Crippen LogP contribution in [0.4, 0.5) is 0 Å². The third-order valence-electron chi connectivity index (χ3n) is 4.77. The van der Waals surface area contributed by atoms with Crippen molar-refractivity contribution < 1.29 is 23.9 Å². The Labute approximate surface area is 148 Å². The third kappa shape index (κ3) is 4.46. The largest absolute Gasteiger partial charge is 0.454 e. The van der Waals surface area contributed by atoms with Crippen molar-refractivity contribution in [2.45, 2.75) is 39.5 Å². The van der Waals surface area contributed by atoms with E-state index >= 15 is 0 Å².